The van der Waals surface area contributed by atoms with Crippen LogP contribution in [0.15, 0.2) is 41.8 Å². The van der Waals surface area contributed by atoms with Gasteiger partial charge in [-0.25, -0.2) is 14.1 Å². The molecule has 0 unspecified atom stereocenters. The molecule has 2 fully saturated rings. The molecule has 1 spiro atoms. The molecule has 1 aromatic carbocycles. The molecule has 5 rings (SSSR count). The summed E-state index contributed by atoms with van der Waals surface area (Å²) in [5.74, 6) is 0.265. The lowest BCUT2D eigenvalue weighted by Gasteiger charge is -2.28. The van der Waals surface area contributed by atoms with Crippen LogP contribution in [0.5, 0.6) is 0 Å². The second kappa shape index (κ2) is 6.79. The number of benzene rings is 1. The third kappa shape index (κ3) is 3.02. The van der Waals surface area contributed by atoms with E-state index < -0.39 is 0 Å². The SMILES string of the molecule is O=C(c1nc(-c2cccs2)n(-c2ccc(F)cc2)n1)N1CCOCCC12CC2. The first-order chi connectivity index (χ1) is 13.7. The Bertz CT molecular complexity index is 996. The molecule has 144 valence electrons. The molecule has 1 aliphatic carbocycles. The van der Waals surface area contributed by atoms with Crippen LogP contribution in [0.1, 0.15) is 29.9 Å². The zero-order valence-corrected chi connectivity index (χ0v) is 16.0. The Kier molecular flexibility index (Phi) is 4.25. The number of hydrogen-bond acceptors (Lipinski definition) is 5. The molecule has 0 bridgehead atoms. The zero-order chi connectivity index (χ0) is 19.1. The van der Waals surface area contributed by atoms with E-state index in [1.54, 1.807) is 16.8 Å². The monoisotopic (exact) mass is 398 g/mol. The molecule has 1 amide bonds. The minimum Gasteiger partial charge on any atom is -0.380 e. The maximum atomic E-state index is 13.4. The van der Waals surface area contributed by atoms with Crippen molar-refractivity contribution in [1.29, 1.82) is 0 Å². The fraction of sp³-hybridized carbons (Fsp3) is 0.350. The number of carbonyl (C=O) groups is 1. The van der Waals surface area contributed by atoms with E-state index in [-0.39, 0.29) is 23.1 Å². The number of halogens is 1. The van der Waals surface area contributed by atoms with E-state index in [0.717, 1.165) is 24.1 Å². The topological polar surface area (TPSA) is 60.2 Å². The number of carbonyl (C=O) groups excluding carboxylic acids is 1. The number of hydrogen-bond donors (Lipinski definition) is 0. The normalized spacial score (nSPS) is 18.2. The number of nitrogens with zero attached hydrogens (tertiary/aromatic N) is 4. The van der Waals surface area contributed by atoms with Crippen LogP contribution >= 0.6 is 11.3 Å². The summed E-state index contributed by atoms with van der Waals surface area (Å²) in [5.41, 5.74) is 0.564. The van der Waals surface area contributed by atoms with Crippen molar-refractivity contribution in [3.8, 4) is 16.4 Å². The standard InChI is InChI=1S/C20H19FN4O2S/c21-14-3-5-15(6-4-14)25-18(16-2-1-13-28-16)22-17(23-25)19(26)24-10-12-27-11-9-20(24)7-8-20/h1-6,13H,7-12H2. The molecule has 2 aromatic heterocycles. The number of aromatic nitrogens is 3. The quantitative estimate of drug-likeness (QED) is 0.677. The predicted octanol–water partition coefficient (Wildman–Crippen LogP) is 3.53. The fourth-order valence-electron chi connectivity index (χ4n) is 3.72. The molecule has 6 nitrogen and oxygen atoms in total. The van der Waals surface area contributed by atoms with Gasteiger partial charge in [-0.15, -0.1) is 16.4 Å². The van der Waals surface area contributed by atoms with Crippen molar-refractivity contribution in [2.24, 2.45) is 0 Å². The lowest BCUT2D eigenvalue weighted by molar-refractivity contribution is 0.0637. The molecule has 3 heterocycles. The van der Waals surface area contributed by atoms with Crippen LogP contribution in [0.3, 0.4) is 0 Å². The highest BCUT2D eigenvalue weighted by Crippen LogP contribution is 2.46. The second-order valence-electron chi connectivity index (χ2n) is 7.17. The average Bonchev–Trinajstić information content (AvgIpc) is 3.14. The van der Waals surface area contributed by atoms with Crippen molar-refractivity contribution < 1.29 is 13.9 Å². The molecule has 2 aliphatic rings. The van der Waals surface area contributed by atoms with Crippen molar-refractivity contribution in [1.82, 2.24) is 19.7 Å². The van der Waals surface area contributed by atoms with Crippen LogP contribution < -0.4 is 0 Å². The smallest absolute Gasteiger partial charge is 0.294 e. The zero-order valence-electron chi connectivity index (χ0n) is 15.2. The van der Waals surface area contributed by atoms with Gasteiger partial charge in [0.05, 0.1) is 17.2 Å². The van der Waals surface area contributed by atoms with Gasteiger partial charge >= 0.3 is 0 Å². The number of rotatable bonds is 3. The van der Waals surface area contributed by atoms with Crippen LogP contribution in [-0.4, -0.2) is 50.9 Å². The van der Waals surface area contributed by atoms with Crippen molar-refractivity contribution >= 4 is 17.2 Å². The maximum Gasteiger partial charge on any atom is 0.294 e. The van der Waals surface area contributed by atoms with Crippen LogP contribution in [0.4, 0.5) is 4.39 Å². The van der Waals surface area contributed by atoms with Gasteiger partial charge in [0.1, 0.15) is 5.82 Å². The molecule has 1 aliphatic heterocycles. The van der Waals surface area contributed by atoms with Crippen molar-refractivity contribution in [2.45, 2.75) is 24.8 Å². The van der Waals surface area contributed by atoms with Crippen LogP contribution in [0.25, 0.3) is 16.4 Å². The number of ether oxygens (including phenoxy) is 1. The van der Waals surface area contributed by atoms with Gasteiger partial charge in [-0.2, -0.15) is 0 Å². The van der Waals surface area contributed by atoms with Crippen LogP contribution in [-0.2, 0) is 4.74 Å². The van der Waals surface area contributed by atoms with E-state index in [9.17, 15) is 9.18 Å². The van der Waals surface area contributed by atoms with E-state index in [4.69, 9.17) is 4.74 Å². The summed E-state index contributed by atoms with van der Waals surface area (Å²) in [5, 5.41) is 6.47. The van der Waals surface area contributed by atoms with E-state index in [1.165, 1.54) is 23.5 Å². The van der Waals surface area contributed by atoms with Gasteiger partial charge in [0, 0.05) is 18.7 Å². The highest BCUT2D eigenvalue weighted by molar-refractivity contribution is 7.13. The van der Waals surface area contributed by atoms with E-state index in [0.29, 0.717) is 31.3 Å². The maximum absolute atomic E-state index is 13.4. The Morgan fingerprint density at radius 1 is 1.14 bits per heavy atom. The van der Waals surface area contributed by atoms with Crippen molar-refractivity contribution in [3.05, 3.63) is 53.4 Å². The first kappa shape index (κ1) is 17.5. The molecule has 1 saturated carbocycles. The first-order valence-corrected chi connectivity index (χ1v) is 10.2. The summed E-state index contributed by atoms with van der Waals surface area (Å²) in [6.45, 7) is 1.77. The lowest BCUT2D eigenvalue weighted by atomic mass is 10.1. The number of thiophene rings is 1. The molecular formula is C20H19FN4O2S. The van der Waals surface area contributed by atoms with Gasteiger partial charge in [0.15, 0.2) is 5.82 Å². The van der Waals surface area contributed by atoms with E-state index in [1.807, 2.05) is 22.4 Å². The summed E-state index contributed by atoms with van der Waals surface area (Å²) >= 11 is 1.52. The predicted molar refractivity (Wildman–Crippen MR) is 103 cm³/mol. The summed E-state index contributed by atoms with van der Waals surface area (Å²) in [6.07, 6.45) is 2.85. The van der Waals surface area contributed by atoms with Gasteiger partial charge in [-0.05, 0) is 55.0 Å². The van der Waals surface area contributed by atoms with Gasteiger partial charge in [-0.1, -0.05) is 6.07 Å². The van der Waals surface area contributed by atoms with Gasteiger partial charge < -0.3 is 9.64 Å². The first-order valence-electron chi connectivity index (χ1n) is 9.33. The lowest BCUT2D eigenvalue weighted by Crippen LogP contribution is -2.43. The summed E-state index contributed by atoms with van der Waals surface area (Å²) in [4.78, 5) is 20.7. The molecular weight excluding hydrogens is 379 g/mol. The Morgan fingerprint density at radius 2 is 1.96 bits per heavy atom. The largest absolute Gasteiger partial charge is 0.380 e. The Hall–Kier alpha value is -2.58. The van der Waals surface area contributed by atoms with Crippen LogP contribution in [0, 0.1) is 5.82 Å². The third-order valence-electron chi connectivity index (χ3n) is 5.43. The fourth-order valence-corrected chi connectivity index (χ4v) is 4.42. The Labute approximate surface area is 165 Å². The van der Waals surface area contributed by atoms with E-state index in [2.05, 4.69) is 10.1 Å². The minimum atomic E-state index is -0.321. The molecule has 0 N–H and O–H groups in total. The van der Waals surface area contributed by atoms with Gasteiger partial charge in [0.2, 0.25) is 5.82 Å². The summed E-state index contributed by atoms with van der Waals surface area (Å²) < 4.78 is 20.6. The Morgan fingerprint density at radius 3 is 2.68 bits per heavy atom. The molecule has 3 aromatic rings. The summed E-state index contributed by atoms with van der Waals surface area (Å²) in [6, 6.07) is 9.89. The summed E-state index contributed by atoms with van der Waals surface area (Å²) in [7, 11) is 0. The van der Waals surface area contributed by atoms with Gasteiger partial charge in [-0.3, -0.25) is 4.79 Å². The van der Waals surface area contributed by atoms with Gasteiger partial charge in [0.25, 0.3) is 5.91 Å². The highest BCUT2D eigenvalue weighted by Gasteiger charge is 2.51. The van der Waals surface area contributed by atoms with Crippen molar-refractivity contribution in [2.75, 3.05) is 19.8 Å². The molecule has 8 heteroatoms. The number of amides is 1. The molecule has 0 radical (unpaired) electrons. The third-order valence-corrected chi connectivity index (χ3v) is 6.29. The van der Waals surface area contributed by atoms with Crippen LogP contribution in [0.2, 0.25) is 0 Å². The van der Waals surface area contributed by atoms with Crippen molar-refractivity contribution in [3.63, 3.8) is 0 Å². The molecule has 1 saturated heterocycles. The highest BCUT2D eigenvalue weighted by atomic mass is 32.1. The molecule has 28 heavy (non-hydrogen) atoms. The Balaban J connectivity index is 1.56. The average molecular weight is 398 g/mol. The minimum absolute atomic E-state index is 0.0992. The second-order valence-corrected chi connectivity index (χ2v) is 8.12. The van der Waals surface area contributed by atoms with E-state index >= 15 is 0 Å². The molecule has 0 atom stereocenters.